The van der Waals surface area contributed by atoms with Gasteiger partial charge in [0.1, 0.15) is 6.61 Å². The zero-order chi connectivity index (χ0) is 13.8. The van der Waals surface area contributed by atoms with Gasteiger partial charge in [-0.3, -0.25) is 9.59 Å². The first-order valence-corrected chi connectivity index (χ1v) is 5.41. The number of esters is 1. The summed E-state index contributed by atoms with van der Waals surface area (Å²) < 4.78 is 45.9. The van der Waals surface area contributed by atoms with Crippen LogP contribution in [0.4, 0.5) is 13.2 Å². The molecule has 1 amide bonds. The van der Waals surface area contributed by atoms with E-state index in [2.05, 4.69) is 0 Å². The number of halogens is 3. The van der Waals surface area contributed by atoms with E-state index in [4.69, 9.17) is 9.47 Å². The second-order valence-corrected chi connectivity index (χ2v) is 4.00. The molecule has 0 saturated carbocycles. The van der Waals surface area contributed by atoms with Crippen molar-refractivity contribution in [1.82, 2.24) is 5.32 Å². The van der Waals surface area contributed by atoms with Gasteiger partial charge < -0.3 is 14.8 Å². The van der Waals surface area contributed by atoms with E-state index < -0.39 is 24.1 Å². The zero-order valence-electron chi connectivity index (χ0n) is 9.75. The number of nitrogens with one attached hydrogen (secondary N) is 1. The fourth-order valence-electron chi connectivity index (χ4n) is 1.53. The third-order valence-corrected chi connectivity index (χ3v) is 2.44. The van der Waals surface area contributed by atoms with E-state index in [1.807, 2.05) is 5.32 Å². The van der Waals surface area contributed by atoms with Gasteiger partial charge in [0.05, 0.1) is 18.8 Å². The number of carbonyl (C=O) groups excluding carboxylic acids is 2. The molecule has 1 aliphatic heterocycles. The molecule has 104 valence electrons. The number of rotatable bonds is 3. The lowest BCUT2D eigenvalue weighted by Gasteiger charge is -2.29. The summed E-state index contributed by atoms with van der Waals surface area (Å²) in [5.74, 6) is -2.40. The summed E-state index contributed by atoms with van der Waals surface area (Å²) in [6.45, 7) is 1.32. The molecule has 1 fully saturated rings. The third-order valence-electron chi connectivity index (χ3n) is 2.44. The Balaban J connectivity index is 2.27. The van der Waals surface area contributed by atoms with Crippen molar-refractivity contribution in [3.8, 4) is 0 Å². The van der Waals surface area contributed by atoms with Gasteiger partial charge in [0.15, 0.2) is 0 Å². The van der Waals surface area contributed by atoms with E-state index in [9.17, 15) is 22.8 Å². The fourth-order valence-corrected chi connectivity index (χ4v) is 1.53. The Labute approximate surface area is 102 Å². The van der Waals surface area contributed by atoms with Crippen LogP contribution in [0, 0.1) is 0 Å². The van der Waals surface area contributed by atoms with Gasteiger partial charge in [-0.05, 0) is 12.8 Å². The summed E-state index contributed by atoms with van der Waals surface area (Å²) >= 11 is 0. The molecule has 0 aromatic rings. The van der Waals surface area contributed by atoms with E-state index in [-0.39, 0.29) is 19.3 Å². The second-order valence-electron chi connectivity index (χ2n) is 4.00. The number of carbonyl (C=O) groups is 2. The first-order chi connectivity index (χ1) is 8.29. The van der Waals surface area contributed by atoms with Gasteiger partial charge >= 0.3 is 18.1 Å². The molecule has 1 saturated heterocycles. The summed E-state index contributed by atoms with van der Waals surface area (Å²) in [6, 6.07) is -0.660. The Hall–Kier alpha value is -1.31. The van der Waals surface area contributed by atoms with E-state index >= 15 is 0 Å². The van der Waals surface area contributed by atoms with Crippen molar-refractivity contribution in [2.45, 2.75) is 38.1 Å². The van der Waals surface area contributed by atoms with Crippen LogP contribution in [-0.2, 0) is 19.1 Å². The molecule has 0 unspecified atom stereocenters. The predicted molar refractivity (Wildman–Crippen MR) is 53.6 cm³/mol. The highest BCUT2D eigenvalue weighted by Gasteiger charge is 2.40. The fraction of sp³-hybridized carbons (Fsp3) is 0.800. The van der Waals surface area contributed by atoms with Crippen LogP contribution in [0.25, 0.3) is 0 Å². The minimum Gasteiger partial charge on any atom is -0.463 e. The summed E-state index contributed by atoms with van der Waals surface area (Å²) in [4.78, 5) is 21.2. The van der Waals surface area contributed by atoms with Crippen molar-refractivity contribution in [1.29, 1.82) is 0 Å². The highest BCUT2D eigenvalue weighted by molar-refractivity contribution is 5.81. The summed E-state index contributed by atoms with van der Waals surface area (Å²) in [6.07, 6.45) is -4.42. The average Bonchev–Trinajstić information content (AvgIpc) is 2.26. The van der Waals surface area contributed by atoms with Crippen LogP contribution in [0.2, 0.25) is 0 Å². The standard InChI is InChI=1S/C10H14F3NO4/c1-6(15)17-5-8-3-2-7(4-18-8)14-9(16)10(11,12)13/h7-8H,2-5H2,1H3,(H,14,16)/t7-,8-/m1/s1. The quantitative estimate of drug-likeness (QED) is 0.769. The first-order valence-electron chi connectivity index (χ1n) is 5.41. The van der Waals surface area contributed by atoms with Crippen LogP contribution in [0.1, 0.15) is 19.8 Å². The molecule has 0 aromatic carbocycles. The van der Waals surface area contributed by atoms with Crippen LogP contribution in [-0.4, -0.2) is 43.4 Å². The van der Waals surface area contributed by atoms with Crippen molar-refractivity contribution in [2.75, 3.05) is 13.2 Å². The average molecular weight is 269 g/mol. The highest BCUT2D eigenvalue weighted by atomic mass is 19.4. The number of ether oxygens (including phenoxy) is 2. The predicted octanol–water partition coefficient (Wildman–Crippen LogP) is 0.776. The molecule has 0 radical (unpaired) electrons. The Morgan fingerprint density at radius 2 is 2.06 bits per heavy atom. The van der Waals surface area contributed by atoms with Gasteiger partial charge in [-0.2, -0.15) is 13.2 Å². The van der Waals surface area contributed by atoms with Crippen molar-refractivity contribution < 1.29 is 32.2 Å². The van der Waals surface area contributed by atoms with Crippen LogP contribution in [0.5, 0.6) is 0 Å². The molecule has 1 aliphatic rings. The van der Waals surface area contributed by atoms with Gasteiger partial charge in [-0.15, -0.1) is 0 Å². The molecule has 0 bridgehead atoms. The minimum absolute atomic E-state index is 0.0201. The molecule has 0 spiro atoms. The molecular weight excluding hydrogens is 255 g/mol. The lowest BCUT2D eigenvalue weighted by atomic mass is 10.1. The maximum Gasteiger partial charge on any atom is 0.471 e. The van der Waals surface area contributed by atoms with E-state index in [1.54, 1.807) is 0 Å². The minimum atomic E-state index is -4.88. The Morgan fingerprint density at radius 1 is 1.39 bits per heavy atom. The van der Waals surface area contributed by atoms with Crippen molar-refractivity contribution in [3.63, 3.8) is 0 Å². The van der Waals surface area contributed by atoms with Gasteiger partial charge in [0, 0.05) is 6.92 Å². The van der Waals surface area contributed by atoms with Gasteiger partial charge in [-0.1, -0.05) is 0 Å². The van der Waals surface area contributed by atoms with Crippen LogP contribution in [0.3, 0.4) is 0 Å². The third kappa shape index (κ3) is 4.91. The lowest BCUT2D eigenvalue weighted by Crippen LogP contribution is -2.48. The van der Waals surface area contributed by atoms with Crippen molar-refractivity contribution in [3.05, 3.63) is 0 Å². The number of alkyl halides is 3. The molecule has 2 atom stereocenters. The van der Waals surface area contributed by atoms with Crippen LogP contribution < -0.4 is 5.32 Å². The summed E-state index contributed by atoms with van der Waals surface area (Å²) in [7, 11) is 0. The highest BCUT2D eigenvalue weighted by Crippen LogP contribution is 2.18. The molecule has 1 heterocycles. The van der Waals surface area contributed by atoms with E-state index in [0.717, 1.165) is 0 Å². The number of hydrogen-bond acceptors (Lipinski definition) is 4. The first kappa shape index (κ1) is 14.7. The summed E-state index contributed by atoms with van der Waals surface area (Å²) in [5.41, 5.74) is 0. The molecular formula is C10H14F3NO4. The topological polar surface area (TPSA) is 64.6 Å². The van der Waals surface area contributed by atoms with Gasteiger partial charge in [0.2, 0.25) is 0 Å². The van der Waals surface area contributed by atoms with Crippen molar-refractivity contribution >= 4 is 11.9 Å². The maximum atomic E-state index is 12.0. The van der Waals surface area contributed by atoms with E-state index in [1.165, 1.54) is 6.92 Å². The van der Waals surface area contributed by atoms with Gasteiger partial charge in [-0.25, -0.2) is 0 Å². The maximum absolute atomic E-state index is 12.0. The second kappa shape index (κ2) is 6.03. The lowest BCUT2D eigenvalue weighted by molar-refractivity contribution is -0.175. The Morgan fingerprint density at radius 3 is 2.50 bits per heavy atom. The largest absolute Gasteiger partial charge is 0.471 e. The Bertz CT molecular complexity index is 311. The SMILES string of the molecule is CC(=O)OC[C@H]1CC[C@@H](NC(=O)C(F)(F)F)CO1. The monoisotopic (exact) mass is 269 g/mol. The van der Waals surface area contributed by atoms with E-state index in [0.29, 0.717) is 12.8 Å². The molecule has 1 rings (SSSR count). The molecule has 5 nitrogen and oxygen atoms in total. The van der Waals surface area contributed by atoms with Crippen molar-refractivity contribution in [2.24, 2.45) is 0 Å². The molecule has 1 N–H and O–H groups in total. The molecule has 0 aromatic heterocycles. The Kier molecular flexibility index (Phi) is 4.94. The van der Waals surface area contributed by atoms with Crippen LogP contribution >= 0.6 is 0 Å². The number of hydrogen-bond donors (Lipinski definition) is 1. The molecule has 0 aliphatic carbocycles. The van der Waals surface area contributed by atoms with Gasteiger partial charge in [0.25, 0.3) is 0 Å². The normalized spacial score (nSPS) is 24.4. The zero-order valence-corrected chi connectivity index (χ0v) is 9.75. The number of amides is 1. The van der Waals surface area contributed by atoms with Crippen LogP contribution in [0.15, 0.2) is 0 Å². The molecule has 18 heavy (non-hydrogen) atoms. The molecule has 8 heteroatoms. The smallest absolute Gasteiger partial charge is 0.463 e. The summed E-state index contributed by atoms with van der Waals surface area (Å²) in [5, 5.41) is 1.85.